The summed E-state index contributed by atoms with van der Waals surface area (Å²) in [7, 11) is 1.82. The van der Waals surface area contributed by atoms with Crippen LogP contribution in [-0.4, -0.2) is 80.3 Å². The Hall–Kier alpha value is -0.770. The Morgan fingerprint density at radius 3 is 2.52 bits per heavy atom. The average Bonchev–Trinajstić information content (AvgIpc) is 2.66. The zero-order valence-corrected chi connectivity index (χ0v) is 19.7. The number of piperidine rings is 2. The van der Waals surface area contributed by atoms with Gasteiger partial charge in [0.1, 0.15) is 0 Å². The summed E-state index contributed by atoms with van der Waals surface area (Å²) >= 11 is 0. The van der Waals surface area contributed by atoms with Crippen molar-refractivity contribution in [3.05, 3.63) is 0 Å². The van der Waals surface area contributed by atoms with E-state index in [1.165, 1.54) is 25.9 Å². The maximum atomic E-state index is 11.8. The van der Waals surface area contributed by atoms with E-state index in [1.54, 1.807) is 4.90 Å². The Bertz CT molecular complexity index is 467. The van der Waals surface area contributed by atoms with Gasteiger partial charge in [0.05, 0.1) is 6.61 Å². The van der Waals surface area contributed by atoms with Gasteiger partial charge in [-0.1, -0.05) is 0 Å². The Labute approximate surface area is 181 Å². The molecule has 2 heterocycles. The lowest BCUT2D eigenvalue weighted by Crippen LogP contribution is -2.51. The fourth-order valence-electron chi connectivity index (χ4n) is 3.78. The molecule has 2 fully saturated rings. The Morgan fingerprint density at radius 1 is 1.22 bits per heavy atom. The monoisotopic (exact) mass is 495 g/mol. The van der Waals surface area contributed by atoms with E-state index in [0.717, 1.165) is 38.4 Å². The molecule has 0 aromatic carbocycles. The molecule has 158 valence electrons. The number of guanidine groups is 1. The quantitative estimate of drug-likeness (QED) is 0.349. The van der Waals surface area contributed by atoms with Crippen molar-refractivity contribution in [3.63, 3.8) is 0 Å². The largest absolute Gasteiger partial charge is 0.450 e. The second kappa shape index (κ2) is 12.6. The van der Waals surface area contributed by atoms with Gasteiger partial charge in [0.2, 0.25) is 0 Å². The molecule has 8 heteroatoms. The molecular formula is C19H38IN5O2. The molecule has 2 aliphatic rings. The number of nitrogens with zero attached hydrogens (tertiary/aromatic N) is 3. The summed E-state index contributed by atoms with van der Waals surface area (Å²) in [6, 6.07) is 0.977. The normalized spacial score (nSPS) is 22.3. The number of rotatable bonds is 5. The molecular weight excluding hydrogens is 457 g/mol. The number of carbonyl (C=O) groups excluding carboxylic acids is 1. The van der Waals surface area contributed by atoms with Crippen LogP contribution >= 0.6 is 24.0 Å². The average molecular weight is 495 g/mol. The number of ether oxygens (including phenoxy) is 1. The summed E-state index contributed by atoms with van der Waals surface area (Å²) in [6.07, 6.45) is 4.21. The van der Waals surface area contributed by atoms with Crippen LogP contribution in [0.5, 0.6) is 0 Å². The Kier molecular flexibility index (Phi) is 11.4. The number of aliphatic imine (C=N–C) groups is 1. The van der Waals surface area contributed by atoms with Gasteiger partial charge in [-0.25, -0.2) is 4.79 Å². The highest BCUT2D eigenvalue weighted by Crippen LogP contribution is 2.17. The summed E-state index contributed by atoms with van der Waals surface area (Å²) in [6.45, 7) is 11.7. The van der Waals surface area contributed by atoms with Crippen molar-refractivity contribution in [2.45, 2.75) is 58.5 Å². The van der Waals surface area contributed by atoms with Crippen LogP contribution in [0.4, 0.5) is 4.79 Å². The maximum absolute atomic E-state index is 11.8. The highest BCUT2D eigenvalue weighted by Gasteiger charge is 2.25. The molecule has 0 spiro atoms. The van der Waals surface area contributed by atoms with Gasteiger partial charge in [0.25, 0.3) is 0 Å². The van der Waals surface area contributed by atoms with Crippen LogP contribution in [0.15, 0.2) is 4.99 Å². The van der Waals surface area contributed by atoms with Gasteiger partial charge in [0, 0.05) is 45.3 Å². The third-order valence-corrected chi connectivity index (χ3v) is 5.42. The zero-order valence-electron chi connectivity index (χ0n) is 17.4. The highest BCUT2D eigenvalue weighted by molar-refractivity contribution is 14.0. The molecule has 2 N–H and O–H groups in total. The van der Waals surface area contributed by atoms with Crippen LogP contribution < -0.4 is 10.6 Å². The number of carbonyl (C=O) groups is 1. The lowest BCUT2D eigenvalue weighted by atomic mass is 9.97. The van der Waals surface area contributed by atoms with E-state index >= 15 is 0 Å². The molecule has 0 aromatic rings. The van der Waals surface area contributed by atoms with E-state index < -0.39 is 0 Å². The van der Waals surface area contributed by atoms with Gasteiger partial charge >= 0.3 is 6.09 Å². The first-order valence-electron chi connectivity index (χ1n) is 10.2. The van der Waals surface area contributed by atoms with Crippen molar-refractivity contribution < 1.29 is 9.53 Å². The van der Waals surface area contributed by atoms with Gasteiger partial charge in [-0.3, -0.25) is 4.99 Å². The first-order valence-corrected chi connectivity index (χ1v) is 10.2. The topological polar surface area (TPSA) is 69.2 Å². The summed E-state index contributed by atoms with van der Waals surface area (Å²) in [5.41, 5.74) is 0. The van der Waals surface area contributed by atoms with E-state index in [1.807, 2.05) is 14.0 Å². The molecule has 2 saturated heterocycles. The third kappa shape index (κ3) is 8.01. The molecule has 0 aromatic heterocycles. The minimum atomic E-state index is -0.194. The van der Waals surface area contributed by atoms with Gasteiger partial charge in [-0.2, -0.15) is 0 Å². The third-order valence-electron chi connectivity index (χ3n) is 5.42. The van der Waals surface area contributed by atoms with Crippen molar-refractivity contribution >= 4 is 36.0 Å². The maximum Gasteiger partial charge on any atom is 0.409 e. The molecule has 0 aliphatic carbocycles. The first-order chi connectivity index (χ1) is 12.5. The molecule has 2 aliphatic heterocycles. The highest BCUT2D eigenvalue weighted by atomic mass is 127. The fraction of sp³-hybridized carbons (Fsp3) is 0.895. The molecule has 0 saturated carbocycles. The van der Waals surface area contributed by atoms with Gasteiger partial charge in [-0.05, 0) is 58.9 Å². The van der Waals surface area contributed by atoms with E-state index in [-0.39, 0.29) is 30.1 Å². The number of likely N-dealkylation sites (tertiary alicyclic amines) is 2. The van der Waals surface area contributed by atoms with Crippen molar-refractivity contribution in [1.29, 1.82) is 0 Å². The molecule has 2 rings (SSSR count). The van der Waals surface area contributed by atoms with Crippen molar-refractivity contribution in [2.24, 2.45) is 10.9 Å². The zero-order chi connectivity index (χ0) is 18.9. The van der Waals surface area contributed by atoms with E-state index in [9.17, 15) is 4.79 Å². The fourth-order valence-corrected chi connectivity index (χ4v) is 3.78. The second-order valence-corrected chi connectivity index (χ2v) is 7.65. The summed E-state index contributed by atoms with van der Waals surface area (Å²) in [5, 5.41) is 7.02. The summed E-state index contributed by atoms with van der Waals surface area (Å²) in [5.74, 6) is 1.55. The molecule has 27 heavy (non-hydrogen) atoms. The minimum Gasteiger partial charge on any atom is -0.450 e. The number of hydrogen-bond donors (Lipinski definition) is 2. The molecule has 1 unspecified atom stereocenters. The summed E-state index contributed by atoms with van der Waals surface area (Å²) in [4.78, 5) is 20.5. The van der Waals surface area contributed by atoms with E-state index in [0.29, 0.717) is 24.6 Å². The van der Waals surface area contributed by atoms with Gasteiger partial charge in [-0.15, -0.1) is 24.0 Å². The standard InChI is InChI=1S/C19H37N5O2.HI/c1-5-26-19(25)23-11-8-17(9-12-23)22-18(20-4)21-13-16-7-6-10-24(14-16)15(2)3;/h15-17H,5-14H2,1-4H3,(H2,20,21,22);1H. The molecule has 0 bridgehead atoms. The van der Waals surface area contributed by atoms with Crippen LogP contribution in [0, 0.1) is 5.92 Å². The number of amides is 1. The smallest absolute Gasteiger partial charge is 0.409 e. The van der Waals surface area contributed by atoms with Crippen LogP contribution in [0.2, 0.25) is 0 Å². The minimum absolute atomic E-state index is 0. The lowest BCUT2D eigenvalue weighted by Gasteiger charge is -2.36. The second-order valence-electron chi connectivity index (χ2n) is 7.65. The molecule has 1 atom stereocenters. The van der Waals surface area contributed by atoms with Crippen LogP contribution in [0.3, 0.4) is 0 Å². The lowest BCUT2D eigenvalue weighted by molar-refractivity contribution is 0.0963. The Morgan fingerprint density at radius 2 is 1.93 bits per heavy atom. The summed E-state index contributed by atoms with van der Waals surface area (Å²) < 4.78 is 5.08. The molecule has 7 nitrogen and oxygen atoms in total. The van der Waals surface area contributed by atoms with Gasteiger partial charge < -0.3 is 25.2 Å². The SMILES string of the molecule is CCOC(=O)N1CCC(NC(=NC)NCC2CCCN(C(C)C)C2)CC1.I. The molecule has 0 radical (unpaired) electrons. The number of nitrogens with one attached hydrogen (secondary N) is 2. The van der Waals surface area contributed by atoms with E-state index in [2.05, 4.69) is 34.4 Å². The van der Waals surface area contributed by atoms with E-state index in [4.69, 9.17) is 4.74 Å². The molecule has 1 amide bonds. The van der Waals surface area contributed by atoms with Gasteiger partial charge in [0.15, 0.2) is 5.96 Å². The predicted octanol–water partition coefficient (Wildman–Crippen LogP) is 2.51. The van der Waals surface area contributed by atoms with Crippen LogP contribution in [0.1, 0.15) is 46.5 Å². The number of hydrogen-bond acceptors (Lipinski definition) is 4. The predicted molar refractivity (Wildman–Crippen MR) is 121 cm³/mol. The first kappa shape index (κ1) is 24.3. The number of halogens is 1. The Balaban J connectivity index is 0.00000364. The van der Waals surface area contributed by atoms with Crippen molar-refractivity contribution in [3.8, 4) is 0 Å². The van der Waals surface area contributed by atoms with Crippen LogP contribution in [0.25, 0.3) is 0 Å². The van der Waals surface area contributed by atoms with Crippen molar-refractivity contribution in [1.82, 2.24) is 20.4 Å². The van der Waals surface area contributed by atoms with Crippen molar-refractivity contribution in [2.75, 3.05) is 46.4 Å². The van der Waals surface area contributed by atoms with Crippen LogP contribution in [-0.2, 0) is 4.74 Å².